The monoisotopic (exact) mass is 553 g/mol. The van der Waals surface area contributed by atoms with Crippen molar-refractivity contribution in [3.8, 4) is 11.3 Å². The second-order valence-corrected chi connectivity index (χ2v) is 13.0. The molecule has 212 valence electrons. The summed E-state index contributed by atoms with van der Waals surface area (Å²) < 4.78 is 7.59. The molecule has 0 N–H and O–H groups in total. The van der Waals surface area contributed by atoms with Gasteiger partial charge in [-0.1, -0.05) is 18.2 Å². The Hall–Kier alpha value is -4.01. The standard InChI is InChI=1S/C32H35N5O4/c1-32(2,3)41-31(40)35-16-21(17-35)26-9-6-10-27(33-26)25-18-37(34-28(25)20-11-12-20)22-13-19(14-22)15-36-29(38)23-7-4-5-8-24(23)30(36)39/h4-10,18-22H,11-17H2,1-3H3. The molecule has 4 aliphatic rings. The quantitative estimate of drug-likeness (QED) is 0.379. The number of fused-ring (bicyclic) bond motifs is 1. The fraction of sp³-hybridized carbons (Fsp3) is 0.469. The average Bonchev–Trinajstić information content (AvgIpc) is 3.59. The zero-order chi connectivity index (χ0) is 28.5. The molecule has 2 aliphatic heterocycles. The molecule has 0 radical (unpaired) electrons. The van der Waals surface area contributed by atoms with Crippen LogP contribution < -0.4 is 0 Å². The molecule has 41 heavy (non-hydrogen) atoms. The molecule has 0 bridgehead atoms. The average molecular weight is 554 g/mol. The summed E-state index contributed by atoms with van der Waals surface area (Å²) in [5.74, 6) is 0.567. The van der Waals surface area contributed by atoms with Gasteiger partial charge in [0, 0.05) is 48.9 Å². The molecule has 7 rings (SSSR count). The van der Waals surface area contributed by atoms with E-state index in [1.165, 1.54) is 4.90 Å². The predicted octanol–water partition coefficient (Wildman–Crippen LogP) is 5.40. The van der Waals surface area contributed by atoms with Crippen LogP contribution in [0.3, 0.4) is 0 Å². The predicted molar refractivity (Wildman–Crippen MR) is 152 cm³/mol. The Morgan fingerprint density at radius 1 is 0.927 bits per heavy atom. The van der Waals surface area contributed by atoms with Gasteiger partial charge in [0.15, 0.2) is 0 Å². The van der Waals surface area contributed by atoms with Crippen molar-refractivity contribution in [2.45, 2.75) is 69.9 Å². The number of hydrogen-bond donors (Lipinski definition) is 0. The lowest BCUT2D eigenvalue weighted by Crippen LogP contribution is -2.50. The largest absolute Gasteiger partial charge is 0.444 e. The summed E-state index contributed by atoms with van der Waals surface area (Å²) in [6.45, 7) is 7.31. The molecule has 2 saturated carbocycles. The first-order chi connectivity index (χ1) is 19.6. The number of rotatable bonds is 6. The normalized spacial score (nSPS) is 22.4. The highest BCUT2D eigenvalue weighted by molar-refractivity contribution is 6.21. The Bertz CT molecular complexity index is 1500. The van der Waals surface area contributed by atoms with Crippen LogP contribution in [0.4, 0.5) is 4.79 Å². The molecule has 1 saturated heterocycles. The minimum atomic E-state index is -0.505. The van der Waals surface area contributed by atoms with Gasteiger partial charge in [0.25, 0.3) is 11.8 Å². The van der Waals surface area contributed by atoms with Crippen LogP contribution >= 0.6 is 0 Å². The van der Waals surface area contributed by atoms with Gasteiger partial charge in [-0.05, 0) is 76.6 Å². The van der Waals surface area contributed by atoms with Gasteiger partial charge in [0.2, 0.25) is 0 Å². The highest BCUT2D eigenvalue weighted by Gasteiger charge is 2.41. The molecule has 2 aromatic heterocycles. The highest BCUT2D eigenvalue weighted by Crippen LogP contribution is 2.46. The van der Waals surface area contributed by atoms with Crippen LogP contribution in [0.15, 0.2) is 48.7 Å². The number of carbonyl (C=O) groups excluding carboxylic acids is 3. The number of hydrogen-bond acceptors (Lipinski definition) is 6. The molecule has 4 heterocycles. The fourth-order valence-electron chi connectivity index (χ4n) is 6.15. The maximum absolute atomic E-state index is 12.8. The van der Waals surface area contributed by atoms with Gasteiger partial charge in [0.1, 0.15) is 5.60 Å². The van der Waals surface area contributed by atoms with E-state index in [-0.39, 0.29) is 35.8 Å². The molecule has 2 aliphatic carbocycles. The Morgan fingerprint density at radius 3 is 2.24 bits per heavy atom. The fourth-order valence-corrected chi connectivity index (χ4v) is 6.15. The minimum absolute atomic E-state index is 0.182. The van der Waals surface area contributed by atoms with Crippen LogP contribution in [0.2, 0.25) is 0 Å². The SMILES string of the molecule is CC(C)(C)OC(=O)N1CC(c2cccc(-c3cn(C4CC(CN5C(=O)c6ccccc6C5=O)C4)nc3C3CC3)n2)C1. The first kappa shape index (κ1) is 25.9. The van der Waals surface area contributed by atoms with Crippen molar-refractivity contribution in [3.05, 3.63) is 71.2 Å². The Kier molecular flexibility index (Phi) is 6.03. The van der Waals surface area contributed by atoms with E-state index in [2.05, 4.69) is 10.9 Å². The molecule has 3 fully saturated rings. The highest BCUT2D eigenvalue weighted by atomic mass is 16.6. The van der Waals surface area contributed by atoms with Gasteiger partial charge >= 0.3 is 6.09 Å². The number of aromatic nitrogens is 3. The first-order valence-electron chi connectivity index (χ1n) is 14.6. The summed E-state index contributed by atoms with van der Waals surface area (Å²) in [6, 6.07) is 13.4. The van der Waals surface area contributed by atoms with Crippen molar-refractivity contribution in [2.75, 3.05) is 19.6 Å². The zero-order valence-electron chi connectivity index (χ0n) is 23.7. The molecular formula is C32H35N5O4. The summed E-state index contributed by atoms with van der Waals surface area (Å²) >= 11 is 0. The third-order valence-electron chi connectivity index (χ3n) is 8.63. The van der Waals surface area contributed by atoms with Crippen molar-refractivity contribution in [1.29, 1.82) is 0 Å². The van der Waals surface area contributed by atoms with Crippen LogP contribution in [-0.2, 0) is 4.74 Å². The summed E-state index contributed by atoms with van der Waals surface area (Å²) in [6.07, 6.45) is 5.91. The van der Waals surface area contributed by atoms with E-state index in [1.807, 2.05) is 39.0 Å². The lowest BCUT2D eigenvalue weighted by molar-refractivity contribution is 0.00786. The number of imide groups is 1. The first-order valence-corrected chi connectivity index (χ1v) is 14.6. The van der Waals surface area contributed by atoms with E-state index in [4.69, 9.17) is 14.8 Å². The van der Waals surface area contributed by atoms with Gasteiger partial charge in [-0.15, -0.1) is 0 Å². The van der Waals surface area contributed by atoms with Crippen molar-refractivity contribution >= 4 is 17.9 Å². The third kappa shape index (κ3) is 4.81. The maximum Gasteiger partial charge on any atom is 0.410 e. The van der Waals surface area contributed by atoms with Gasteiger partial charge in [0.05, 0.1) is 28.6 Å². The van der Waals surface area contributed by atoms with E-state index in [9.17, 15) is 14.4 Å². The number of nitrogens with zero attached hydrogens (tertiary/aromatic N) is 5. The summed E-state index contributed by atoms with van der Waals surface area (Å²) in [4.78, 5) is 46.1. The van der Waals surface area contributed by atoms with Gasteiger partial charge in [-0.2, -0.15) is 5.10 Å². The van der Waals surface area contributed by atoms with Crippen molar-refractivity contribution in [3.63, 3.8) is 0 Å². The van der Waals surface area contributed by atoms with Gasteiger partial charge in [-0.3, -0.25) is 24.2 Å². The molecule has 9 nitrogen and oxygen atoms in total. The Morgan fingerprint density at radius 2 is 1.61 bits per heavy atom. The minimum Gasteiger partial charge on any atom is -0.444 e. The zero-order valence-corrected chi connectivity index (χ0v) is 23.7. The smallest absolute Gasteiger partial charge is 0.410 e. The Labute approximate surface area is 239 Å². The van der Waals surface area contributed by atoms with E-state index < -0.39 is 5.60 Å². The van der Waals surface area contributed by atoms with Gasteiger partial charge in [-0.25, -0.2) is 4.79 Å². The van der Waals surface area contributed by atoms with E-state index in [0.717, 1.165) is 48.3 Å². The van der Waals surface area contributed by atoms with Crippen LogP contribution in [0.25, 0.3) is 11.3 Å². The molecule has 3 amide bonds. The van der Waals surface area contributed by atoms with Crippen molar-refractivity contribution in [1.82, 2.24) is 24.6 Å². The number of carbonyl (C=O) groups is 3. The maximum atomic E-state index is 12.8. The number of likely N-dealkylation sites (tertiary alicyclic amines) is 1. The second kappa shape index (κ2) is 9.53. The molecule has 0 unspecified atom stereocenters. The summed E-state index contributed by atoms with van der Waals surface area (Å²) in [5.41, 5.74) is 4.62. The van der Waals surface area contributed by atoms with Crippen molar-refractivity contribution < 1.29 is 19.1 Å². The lowest BCUT2D eigenvalue weighted by atomic mass is 9.80. The molecule has 3 aromatic rings. The van der Waals surface area contributed by atoms with Crippen molar-refractivity contribution in [2.24, 2.45) is 5.92 Å². The molecule has 0 spiro atoms. The molecular weight excluding hydrogens is 518 g/mol. The molecule has 9 heteroatoms. The lowest BCUT2D eigenvalue weighted by Gasteiger charge is -2.39. The number of pyridine rings is 1. The number of benzene rings is 1. The van der Waals surface area contributed by atoms with Crippen LogP contribution in [0, 0.1) is 5.92 Å². The number of ether oxygens (including phenoxy) is 1. The van der Waals surface area contributed by atoms with E-state index in [1.54, 1.807) is 29.2 Å². The topological polar surface area (TPSA) is 97.6 Å². The summed E-state index contributed by atoms with van der Waals surface area (Å²) in [7, 11) is 0. The van der Waals surface area contributed by atoms with E-state index in [0.29, 0.717) is 36.7 Å². The molecule has 0 atom stereocenters. The van der Waals surface area contributed by atoms with Crippen LogP contribution in [-0.4, -0.2) is 67.7 Å². The Balaban J connectivity index is 1.02. The number of amides is 3. The van der Waals surface area contributed by atoms with E-state index >= 15 is 0 Å². The van der Waals surface area contributed by atoms with Crippen LogP contribution in [0.1, 0.15) is 96.4 Å². The summed E-state index contributed by atoms with van der Waals surface area (Å²) in [5, 5.41) is 5.04. The van der Waals surface area contributed by atoms with Crippen LogP contribution in [0.5, 0.6) is 0 Å². The molecule has 1 aromatic carbocycles. The second-order valence-electron chi connectivity index (χ2n) is 13.0. The third-order valence-corrected chi connectivity index (χ3v) is 8.63. The van der Waals surface area contributed by atoms with Gasteiger partial charge < -0.3 is 9.64 Å².